The van der Waals surface area contributed by atoms with Gasteiger partial charge in [-0.2, -0.15) is 5.26 Å². The topological polar surface area (TPSA) is 80.5 Å². The Kier molecular flexibility index (Phi) is 3.05. The van der Waals surface area contributed by atoms with E-state index in [1.807, 2.05) is 24.3 Å². The van der Waals surface area contributed by atoms with Crippen LogP contribution in [0.5, 0.6) is 0 Å². The zero-order valence-corrected chi connectivity index (χ0v) is 11.6. The van der Waals surface area contributed by atoms with E-state index in [1.165, 1.54) is 0 Å². The molecule has 0 fully saturated rings. The van der Waals surface area contributed by atoms with Crippen molar-refractivity contribution in [2.24, 2.45) is 7.05 Å². The maximum Gasteiger partial charge on any atom is 0.200 e. The van der Waals surface area contributed by atoms with E-state index in [2.05, 4.69) is 16.0 Å². The molecular weight excluding hydrogens is 270 g/mol. The number of rotatable bonds is 2. The highest BCUT2D eigenvalue weighted by Crippen LogP contribution is 2.31. The smallest absolute Gasteiger partial charge is 0.200 e. The Morgan fingerprint density at radius 1 is 1.35 bits per heavy atom. The van der Waals surface area contributed by atoms with E-state index in [1.54, 1.807) is 35.8 Å². The summed E-state index contributed by atoms with van der Waals surface area (Å²) in [6.07, 6.45) is 3.51. The predicted octanol–water partition coefficient (Wildman–Crippen LogP) is 2.57. The third-order valence-corrected chi connectivity index (χ3v) is 3.92. The molecule has 3 rings (SSSR count). The molecule has 0 atom stereocenters. The van der Waals surface area contributed by atoms with E-state index in [-0.39, 0.29) is 0 Å². The quantitative estimate of drug-likeness (QED) is 0.780. The molecule has 2 aromatic heterocycles. The number of anilines is 1. The Morgan fingerprint density at radius 3 is 2.90 bits per heavy atom. The summed E-state index contributed by atoms with van der Waals surface area (Å²) in [7, 11) is 1.80. The Morgan fingerprint density at radius 2 is 2.20 bits per heavy atom. The summed E-state index contributed by atoms with van der Waals surface area (Å²) < 4.78 is 1.73. The lowest BCUT2D eigenvalue weighted by molar-refractivity contribution is 0.963. The van der Waals surface area contributed by atoms with E-state index >= 15 is 0 Å². The van der Waals surface area contributed by atoms with Crippen molar-refractivity contribution in [1.82, 2.24) is 14.5 Å². The summed E-state index contributed by atoms with van der Waals surface area (Å²) in [5.41, 5.74) is 7.87. The molecule has 2 N–H and O–H groups in total. The fourth-order valence-electron chi connectivity index (χ4n) is 2.03. The van der Waals surface area contributed by atoms with Crippen LogP contribution in [0.1, 0.15) is 5.56 Å². The average Bonchev–Trinajstić information content (AvgIpc) is 2.74. The number of imidazole rings is 1. The summed E-state index contributed by atoms with van der Waals surface area (Å²) in [6, 6.07) is 9.84. The molecule has 0 unspecified atom stereocenters. The van der Waals surface area contributed by atoms with Crippen LogP contribution < -0.4 is 5.73 Å². The number of fused-ring (bicyclic) bond motifs is 1. The van der Waals surface area contributed by atoms with Crippen molar-refractivity contribution in [2.45, 2.75) is 9.79 Å². The van der Waals surface area contributed by atoms with Crippen molar-refractivity contribution in [1.29, 1.82) is 5.26 Å². The van der Waals surface area contributed by atoms with E-state index in [0.717, 1.165) is 20.8 Å². The van der Waals surface area contributed by atoms with Crippen LogP contribution in [0, 0.1) is 11.3 Å². The molecule has 98 valence electrons. The number of aromatic nitrogens is 3. The van der Waals surface area contributed by atoms with Crippen molar-refractivity contribution in [2.75, 3.05) is 5.73 Å². The number of nitriles is 1. The number of hydrogen-bond donors (Lipinski definition) is 1. The van der Waals surface area contributed by atoms with Crippen LogP contribution in [0.25, 0.3) is 11.0 Å². The first-order valence-electron chi connectivity index (χ1n) is 5.93. The molecule has 3 aromatic rings. The predicted molar refractivity (Wildman–Crippen MR) is 78.2 cm³/mol. The number of pyridine rings is 1. The maximum atomic E-state index is 9.31. The van der Waals surface area contributed by atoms with Gasteiger partial charge < -0.3 is 10.3 Å². The van der Waals surface area contributed by atoms with E-state index in [9.17, 15) is 5.26 Å². The summed E-state index contributed by atoms with van der Waals surface area (Å²) >= 11 is 1.54. The minimum Gasteiger partial charge on any atom is -0.369 e. The second kappa shape index (κ2) is 4.87. The van der Waals surface area contributed by atoms with Crippen molar-refractivity contribution in [3.05, 3.63) is 42.2 Å². The lowest BCUT2D eigenvalue weighted by Crippen LogP contribution is -1.97. The molecule has 0 saturated carbocycles. The first-order valence-corrected chi connectivity index (χ1v) is 6.74. The molecule has 0 aliphatic rings. The van der Waals surface area contributed by atoms with Crippen LogP contribution in [-0.4, -0.2) is 14.5 Å². The largest absolute Gasteiger partial charge is 0.369 e. The molecule has 1 aromatic carbocycles. The van der Waals surface area contributed by atoms with Gasteiger partial charge in [0, 0.05) is 29.2 Å². The molecule has 6 heteroatoms. The third kappa shape index (κ3) is 2.08. The van der Waals surface area contributed by atoms with Crippen LogP contribution in [0.2, 0.25) is 0 Å². The number of nitrogens with zero attached hydrogens (tertiary/aromatic N) is 4. The van der Waals surface area contributed by atoms with Gasteiger partial charge in [0.15, 0.2) is 0 Å². The fraction of sp³-hybridized carbons (Fsp3) is 0.0714. The average molecular weight is 281 g/mol. The Hall–Kier alpha value is -2.52. The lowest BCUT2D eigenvalue weighted by Gasteiger charge is -2.03. The van der Waals surface area contributed by atoms with Gasteiger partial charge in [-0.25, -0.2) is 4.98 Å². The van der Waals surface area contributed by atoms with Gasteiger partial charge in [-0.1, -0.05) is 11.8 Å². The lowest BCUT2D eigenvalue weighted by atomic mass is 10.2. The van der Waals surface area contributed by atoms with E-state index in [0.29, 0.717) is 11.5 Å². The first-order chi connectivity index (χ1) is 9.69. The van der Waals surface area contributed by atoms with Crippen molar-refractivity contribution in [3.8, 4) is 6.07 Å². The molecule has 0 saturated heterocycles. The van der Waals surface area contributed by atoms with Gasteiger partial charge in [-0.05, 0) is 24.3 Å². The fourth-order valence-corrected chi connectivity index (χ4v) is 2.91. The minimum absolute atomic E-state index is 0.403. The number of hydrogen-bond acceptors (Lipinski definition) is 5. The number of aryl methyl sites for hydroxylation is 1. The van der Waals surface area contributed by atoms with Gasteiger partial charge in [0.1, 0.15) is 6.07 Å². The van der Waals surface area contributed by atoms with E-state index in [4.69, 9.17) is 5.73 Å². The molecule has 20 heavy (non-hydrogen) atoms. The first kappa shape index (κ1) is 12.5. The molecule has 0 amide bonds. The van der Waals surface area contributed by atoms with Gasteiger partial charge in [0.05, 0.1) is 16.6 Å². The zero-order chi connectivity index (χ0) is 14.1. The van der Waals surface area contributed by atoms with Crippen molar-refractivity contribution >= 4 is 28.7 Å². The Balaban J connectivity index is 2.12. The molecular formula is C14H11N5S. The van der Waals surface area contributed by atoms with Crippen LogP contribution in [0.15, 0.2) is 46.5 Å². The molecule has 0 aliphatic heterocycles. The van der Waals surface area contributed by atoms with Crippen LogP contribution >= 0.6 is 11.8 Å². The highest BCUT2D eigenvalue weighted by atomic mass is 32.2. The molecule has 0 radical (unpaired) electrons. The molecule has 5 nitrogen and oxygen atoms in total. The number of nitrogens with two attached hydrogens (primary N) is 1. The second-order valence-electron chi connectivity index (χ2n) is 4.27. The second-order valence-corrected chi connectivity index (χ2v) is 5.42. The number of nitrogen functional groups attached to an aromatic ring is 1. The van der Waals surface area contributed by atoms with Crippen molar-refractivity contribution in [3.63, 3.8) is 0 Å². The van der Waals surface area contributed by atoms with Gasteiger partial charge >= 0.3 is 0 Å². The maximum absolute atomic E-state index is 9.31. The number of benzene rings is 1. The summed E-state index contributed by atoms with van der Waals surface area (Å²) in [6.45, 7) is 0. The highest BCUT2D eigenvalue weighted by molar-refractivity contribution is 7.99. The summed E-state index contributed by atoms with van der Waals surface area (Å²) in [5, 5.41) is 9.31. The van der Waals surface area contributed by atoms with Gasteiger partial charge in [-0.15, -0.1) is 0 Å². The standard InChI is InChI=1S/C14H11N5S/c1-19-13-9(7-15)5-11(6-12(13)18-14(19)16)20-10-3-2-4-17-8-10/h2-6,8H,1H3,(H2,16,18). The van der Waals surface area contributed by atoms with Gasteiger partial charge in [-0.3, -0.25) is 4.98 Å². The monoisotopic (exact) mass is 281 g/mol. The zero-order valence-electron chi connectivity index (χ0n) is 10.7. The Bertz CT molecular complexity index is 817. The summed E-state index contributed by atoms with van der Waals surface area (Å²) in [5.74, 6) is 0.403. The normalized spacial score (nSPS) is 10.6. The SMILES string of the molecule is Cn1c(N)nc2cc(Sc3cccnc3)cc(C#N)c21. The van der Waals surface area contributed by atoms with E-state index < -0.39 is 0 Å². The molecule has 0 bridgehead atoms. The highest BCUT2D eigenvalue weighted by Gasteiger charge is 2.12. The minimum atomic E-state index is 0.403. The third-order valence-electron chi connectivity index (χ3n) is 2.97. The van der Waals surface area contributed by atoms with Crippen LogP contribution in [0.4, 0.5) is 5.95 Å². The summed E-state index contributed by atoms with van der Waals surface area (Å²) in [4.78, 5) is 10.3. The van der Waals surface area contributed by atoms with Crippen LogP contribution in [-0.2, 0) is 7.05 Å². The van der Waals surface area contributed by atoms with Gasteiger partial charge in [0.2, 0.25) is 5.95 Å². The Labute approximate surface area is 120 Å². The molecule has 2 heterocycles. The molecule has 0 spiro atoms. The van der Waals surface area contributed by atoms with Gasteiger partial charge in [0.25, 0.3) is 0 Å². The van der Waals surface area contributed by atoms with Crippen molar-refractivity contribution < 1.29 is 0 Å². The van der Waals surface area contributed by atoms with Crippen LogP contribution in [0.3, 0.4) is 0 Å². The molecule has 0 aliphatic carbocycles.